The Hall–Kier alpha value is -2.73. The molecule has 0 fully saturated rings. The summed E-state index contributed by atoms with van der Waals surface area (Å²) in [6, 6.07) is 11.5. The van der Waals surface area contributed by atoms with Gasteiger partial charge in [-0.1, -0.05) is 12.1 Å². The number of nitrogens with two attached hydrogens (primary N) is 1. The van der Waals surface area contributed by atoms with Crippen LogP contribution in [0.15, 0.2) is 41.4 Å². The zero-order valence-electron chi connectivity index (χ0n) is 15.9. The molecule has 2 aromatic carbocycles. The molecule has 6 heteroatoms. The molecule has 0 bridgehead atoms. The first kappa shape index (κ1) is 19.0. The number of ether oxygens (including phenoxy) is 2. The average Bonchev–Trinajstić information content (AvgIpc) is 2.71. The maximum Gasteiger partial charge on any atom is 0.193 e. The third-order valence-electron chi connectivity index (χ3n) is 4.85. The molecule has 0 heterocycles. The largest absolute Gasteiger partial charge is 0.497 e. The van der Waals surface area contributed by atoms with Gasteiger partial charge in [-0.25, -0.2) is 0 Å². The van der Waals surface area contributed by atoms with Crippen molar-refractivity contribution in [2.45, 2.75) is 31.8 Å². The number of aliphatic hydroxyl groups is 1. The van der Waals surface area contributed by atoms with Crippen molar-refractivity contribution in [2.24, 2.45) is 10.7 Å². The van der Waals surface area contributed by atoms with Gasteiger partial charge in [0, 0.05) is 11.8 Å². The fourth-order valence-corrected chi connectivity index (χ4v) is 3.39. The van der Waals surface area contributed by atoms with Crippen LogP contribution in [0.1, 0.15) is 35.6 Å². The molecule has 1 aliphatic rings. The average molecular weight is 369 g/mol. The third kappa shape index (κ3) is 4.71. The molecule has 0 saturated carbocycles. The van der Waals surface area contributed by atoms with Crippen LogP contribution in [0.2, 0.25) is 0 Å². The first-order chi connectivity index (χ1) is 13.1. The molecule has 0 radical (unpaired) electrons. The standard InChI is InChI=1S/C21H27N3O3/c1-26-16-10-15(11-17(12-16)27-2)20(25)13-23-21(22)24-19-9-5-7-14-6-3-4-8-18(14)19/h5,7,9-12,20,25H,3-4,6,8,13H2,1-2H3,(H3,22,23,24). The third-order valence-corrected chi connectivity index (χ3v) is 4.85. The highest BCUT2D eigenvalue weighted by Crippen LogP contribution is 2.28. The first-order valence-corrected chi connectivity index (χ1v) is 9.19. The minimum absolute atomic E-state index is 0.143. The van der Waals surface area contributed by atoms with Gasteiger partial charge in [0.2, 0.25) is 0 Å². The van der Waals surface area contributed by atoms with E-state index in [2.05, 4.69) is 16.4 Å². The predicted octanol–water partition coefficient (Wildman–Crippen LogP) is 3.04. The topological polar surface area (TPSA) is 89.1 Å². The van der Waals surface area contributed by atoms with Crippen LogP contribution < -0.4 is 20.5 Å². The van der Waals surface area contributed by atoms with Gasteiger partial charge in [-0.3, -0.25) is 4.99 Å². The number of aryl methyl sites for hydroxylation is 1. The molecule has 0 spiro atoms. The molecule has 6 nitrogen and oxygen atoms in total. The number of aliphatic hydroxyl groups excluding tert-OH is 1. The minimum atomic E-state index is -0.806. The van der Waals surface area contributed by atoms with Crippen LogP contribution in [-0.2, 0) is 12.8 Å². The maximum absolute atomic E-state index is 10.5. The van der Waals surface area contributed by atoms with Gasteiger partial charge in [-0.2, -0.15) is 0 Å². The first-order valence-electron chi connectivity index (χ1n) is 9.19. The van der Waals surface area contributed by atoms with E-state index in [9.17, 15) is 5.11 Å². The van der Waals surface area contributed by atoms with Gasteiger partial charge in [0.05, 0.1) is 26.9 Å². The lowest BCUT2D eigenvalue weighted by atomic mass is 9.90. The molecule has 0 saturated heterocycles. The molecule has 4 N–H and O–H groups in total. The number of rotatable bonds is 6. The molecule has 1 unspecified atom stereocenters. The van der Waals surface area contributed by atoms with E-state index in [1.165, 1.54) is 24.0 Å². The number of aliphatic imine (C=N–C) groups is 1. The molecule has 3 rings (SSSR count). The molecule has 1 atom stereocenters. The fraction of sp³-hybridized carbons (Fsp3) is 0.381. The lowest BCUT2D eigenvalue weighted by Gasteiger charge is -2.20. The Morgan fingerprint density at radius 1 is 1.15 bits per heavy atom. The van der Waals surface area contributed by atoms with Crippen molar-refractivity contribution < 1.29 is 14.6 Å². The van der Waals surface area contributed by atoms with Crippen LogP contribution in [-0.4, -0.2) is 31.8 Å². The Morgan fingerprint density at radius 3 is 2.56 bits per heavy atom. The summed E-state index contributed by atoms with van der Waals surface area (Å²) in [5.41, 5.74) is 10.4. The molecular formula is C21H27N3O3. The van der Waals surface area contributed by atoms with E-state index in [4.69, 9.17) is 15.2 Å². The normalized spacial score (nSPS) is 15.0. The number of nitrogens with zero attached hydrogens (tertiary/aromatic N) is 1. The van der Waals surface area contributed by atoms with Crippen molar-refractivity contribution in [3.05, 3.63) is 53.1 Å². The van der Waals surface area contributed by atoms with E-state index in [0.717, 1.165) is 18.5 Å². The summed E-state index contributed by atoms with van der Waals surface area (Å²) >= 11 is 0. The van der Waals surface area contributed by atoms with Gasteiger partial charge in [0.15, 0.2) is 5.96 Å². The molecule has 0 aromatic heterocycles. The van der Waals surface area contributed by atoms with Crippen molar-refractivity contribution in [1.29, 1.82) is 0 Å². The van der Waals surface area contributed by atoms with Gasteiger partial charge in [-0.15, -0.1) is 0 Å². The van der Waals surface area contributed by atoms with Crippen LogP contribution in [0.25, 0.3) is 0 Å². The monoisotopic (exact) mass is 369 g/mol. The second kappa shape index (κ2) is 8.77. The Bertz CT molecular complexity index is 798. The number of fused-ring (bicyclic) bond motifs is 1. The number of hydrogen-bond acceptors (Lipinski definition) is 4. The van der Waals surface area contributed by atoms with E-state index >= 15 is 0 Å². The van der Waals surface area contributed by atoms with Gasteiger partial charge < -0.3 is 25.6 Å². The lowest BCUT2D eigenvalue weighted by molar-refractivity contribution is 0.186. The number of anilines is 1. The lowest BCUT2D eigenvalue weighted by Crippen LogP contribution is -2.25. The number of benzene rings is 2. The SMILES string of the molecule is COc1cc(OC)cc(C(O)CN=C(N)Nc2cccc3c2CCCC3)c1. The van der Waals surface area contributed by atoms with Crippen LogP contribution in [0, 0.1) is 0 Å². The summed E-state index contributed by atoms with van der Waals surface area (Å²) in [5, 5.41) is 13.7. The molecule has 27 heavy (non-hydrogen) atoms. The van der Waals surface area contributed by atoms with Gasteiger partial charge >= 0.3 is 0 Å². The van der Waals surface area contributed by atoms with E-state index in [1.807, 2.05) is 12.1 Å². The maximum atomic E-state index is 10.5. The van der Waals surface area contributed by atoms with Crippen LogP contribution >= 0.6 is 0 Å². The zero-order chi connectivity index (χ0) is 19.2. The highest BCUT2D eigenvalue weighted by Gasteiger charge is 2.14. The Balaban J connectivity index is 1.69. The summed E-state index contributed by atoms with van der Waals surface area (Å²) in [5.74, 6) is 1.53. The number of hydrogen-bond donors (Lipinski definition) is 3. The molecule has 0 aliphatic heterocycles. The van der Waals surface area contributed by atoms with Crippen LogP contribution in [0.5, 0.6) is 11.5 Å². The fourth-order valence-electron chi connectivity index (χ4n) is 3.39. The molecule has 0 amide bonds. The smallest absolute Gasteiger partial charge is 0.193 e. The van der Waals surface area contributed by atoms with Crippen molar-refractivity contribution in [2.75, 3.05) is 26.1 Å². The number of nitrogens with one attached hydrogen (secondary N) is 1. The van der Waals surface area contributed by atoms with Gasteiger partial charge in [0.1, 0.15) is 11.5 Å². The van der Waals surface area contributed by atoms with E-state index in [1.54, 1.807) is 32.4 Å². The summed E-state index contributed by atoms with van der Waals surface area (Å²) in [7, 11) is 3.15. The summed E-state index contributed by atoms with van der Waals surface area (Å²) in [4.78, 5) is 4.31. The highest BCUT2D eigenvalue weighted by molar-refractivity contribution is 5.93. The second-order valence-corrected chi connectivity index (χ2v) is 6.66. The Labute approximate surface area is 160 Å². The van der Waals surface area contributed by atoms with Crippen molar-refractivity contribution in [3.63, 3.8) is 0 Å². The zero-order valence-corrected chi connectivity index (χ0v) is 15.9. The van der Waals surface area contributed by atoms with Crippen LogP contribution in [0.4, 0.5) is 5.69 Å². The minimum Gasteiger partial charge on any atom is -0.497 e. The molecule has 2 aromatic rings. The molecule has 144 valence electrons. The predicted molar refractivity (Wildman–Crippen MR) is 108 cm³/mol. The summed E-state index contributed by atoms with van der Waals surface area (Å²) in [6.07, 6.45) is 3.78. The molecular weight excluding hydrogens is 342 g/mol. The van der Waals surface area contributed by atoms with Gasteiger partial charge in [0.25, 0.3) is 0 Å². The summed E-state index contributed by atoms with van der Waals surface area (Å²) < 4.78 is 10.5. The van der Waals surface area contributed by atoms with E-state index in [-0.39, 0.29) is 6.54 Å². The van der Waals surface area contributed by atoms with Crippen molar-refractivity contribution in [1.82, 2.24) is 0 Å². The molecule has 1 aliphatic carbocycles. The quantitative estimate of drug-likeness (QED) is 0.538. The number of guanidine groups is 1. The van der Waals surface area contributed by atoms with E-state index < -0.39 is 6.10 Å². The van der Waals surface area contributed by atoms with E-state index in [0.29, 0.717) is 23.0 Å². The Morgan fingerprint density at radius 2 is 1.85 bits per heavy atom. The van der Waals surface area contributed by atoms with Gasteiger partial charge in [-0.05, 0) is 60.6 Å². The van der Waals surface area contributed by atoms with Crippen LogP contribution in [0.3, 0.4) is 0 Å². The number of methoxy groups -OCH3 is 2. The highest BCUT2D eigenvalue weighted by atomic mass is 16.5. The van der Waals surface area contributed by atoms with Crippen molar-refractivity contribution >= 4 is 11.6 Å². The van der Waals surface area contributed by atoms with Crippen molar-refractivity contribution in [3.8, 4) is 11.5 Å². The second-order valence-electron chi connectivity index (χ2n) is 6.66. The summed E-state index contributed by atoms with van der Waals surface area (Å²) in [6.45, 7) is 0.143. The Kier molecular flexibility index (Phi) is 6.19.